The predicted octanol–water partition coefficient (Wildman–Crippen LogP) is 1.73. The van der Waals surface area contributed by atoms with Gasteiger partial charge in [-0.25, -0.2) is 0 Å². The van der Waals surface area contributed by atoms with Crippen molar-refractivity contribution in [2.24, 2.45) is 0 Å². The van der Waals surface area contributed by atoms with Gasteiger partial charge in [0.15, 0.2) is 5.82 Å². The van der Waals surface area contributed by atoms with Gasteiger partial charge in [0.25, 0.3) is 0 Å². The van der Waals surface area contributed by atoms with Gasteiger partial charge in [-0.1, -0.05) is 0 Å². The first-order valence-electron chi connectivity index (χ1n) is 7.03. The fourth-order valence-corrected chi connectivity index (χ4v) is 2.56. The van der Waals surface area contributed by atoms with Gasteiger partial charge < -0.3 is 10.2 Å². The van der Waals surface area contributed by atoms with Crippen LogP contribution in [0.25, 0.3) is 11.3 Å². The van der Waals surface area contributed by atoms with Gasteiger partial charge >= 0.3 is 0 Å². The van der Waals surface area contributed by atoms with E-state index in [1.54, 1.807) is 6.20 Å². The molecular formula is C15H19N5. The van der Waals surface area contributed by atoms with Crippen molar-refractivity contribution in [1.29, 1.82) is 0 Å². The maximum Gasteiger partial charge on any atom is 0.151 e. The van der Waals surface area contributed by atoms with Gasteiger partial charge in [-0.3, -0.25) is 4.98 Å². The summed E-state index contributed by atoms with van der Waals surface area (Å²) in [5, 5.41) is 12.0. The Morgan fingerprint density at radius 2 is 2.00 bits per heavy atom. The van der Waals surface area contributed by atoms with Crippen molar-refractivity contribution in [3.05, 3.63) is 36.7 Å². The summed E-state index contributed by atoms with van der Waals surface area (Å²) in [6, 6.07) is 8.61. The van der Waals surface area contributed by atoms with Crippen LogP contribution >= 0.6 is 0 Å². The summed E-state index contributed by atoms with van der Waals surface area (Å²) in [5.41, 5.74) is 1.87. The molecule has 0 bridgehead atoms. The van der Waals surface area contributed by atoms with Crippen molar-refractivity contribution >= 4 is 5.82 Å². The van der Waals surface area contributed by atoms with Crippen LogP contribution in [0.4, 0.5) is 5.82 Å². The Kier molecular flexibility index (Phi) is 3.87. The van der Waals surface area contributed by atoms with Crippen molar-refractivity contribution in [2.45, 2.75) is 18.9 Å². The molecule has 2 aromatic heterocycles. The Bertz CT molecular complexity index is 532. The van der Waals surface area contributed by atoms with Crippen LogP contribution in [0.1, 0.15) is 12.8 Å². The number of piperidine rings is 1. The first-order chi connectivity index (χ1) is 9.86. The second-order valence-electron chi connectivity index (χ2n) is 5.07. The molecular weight excluding hydrogens is 250 g/mol. The van der Waals surface area contributed by atoms with Gasteiger partial charge in [0.2, 0.25) is 0 Å². The van der Waals surface area contributed by atoms with E-state index in [0.717, 1.165) is 43.0 Å². The van der Waals surface area contributed by atoms with Crippen LogP contribution < -0.4 is 10.2 Å². The van der Waals surface area contributed by atoms with E-state index in [4.69, 9.17) is 0 Å². The number of nitrogens with one attached hydrogen (secondary N) is 1. The minimum Gasteiger partial charge on any atom is -0.355 e. The maximum absolute atomic E-state index is 4.36. The molecule has 0 aliphatic carbocycles. The average molecular weight is 269 g/mol. The summed E-state index contributed by atoms with van der Waals surface area (Å²) >= 11 is 0. The van der Waals surface area contributed by atoms with Gasteiger partial charge in [0, 0.05) is 37.1 Å². The van der Waals surface area contributed by atoms with E-state index < -0.39 is 0 Å². The SMILES string of the molecule is CNC1CCN(c2ccc(-c3cccnc3)nn2)CC1. The summed E-state index contributed by atoms with van der Waals surface area (Å²) < 4.78 is 0. The predicted molar refractivity (Wildman–Crippen MR) is 79.6 cm³/mol. The Labute approximate surface area is 119 Å². The highest BCUT2D eigenvalue weighted by atomic mass is 15.3. The van der Waals surface area contributed by atoms with Gasteiger partial charge in [-0.2, -0.15) is 0 Å². The molecule has 1 saturated heterocycles. The second kappa shape index (κ2) is 5.96. The number of rotatable bonds is 3. The third-order valence-corrected chi connectivity index (χ3v) is 3.83. The van der Waals surface area contributed by atoms with Crippen LogP contribution in [-0.2, 0) is 0 Å². The highest BCUT2D eigenvalue weighted by molar-refractivity contribution is 5.58. The zero-order chi connectivity index (χ0) is 13.8. The molecule has 0 amide bonds. The molecule has 0 radical (unpaired) electrons. The monoisotopic (exact) mass is 269 g/mol. The van der Waals surface area contributed by atoms with Crippen LogP contribution in [0.3, 0.4) is 0 Å². The minimum atomic E-state index is 0.633. The Hall–Kier alpha value is -2.01. The molecule has 1 N–H and O–H groups in total. The van der Waals surface area contributed by atoms with E-state index in [2.05, 4.69) is 31.5 Å². The first kappa shape index (κ1) is 13.0. The molecule has 5 nitrogen and oxygen atoms in total. The lowest BCUT2D eigenvalue weighted by atomic mass is 10.1. The molecule has 0 atom stereocenters. The Balaban J connectivity index is 1.71. The molecule has 20 heavy (non-hydrogen) atoms. The molecule has 1 fully saturated rings. The molecule has 3 heterocycles. The van der Waals surface area contributed by atoms with E-state index in [1.165, 1.54) is 0 Å². The molecule has 1 aliphatic heterocycles. The third-order valence-electron chi connectivity index (χ3n) is 3.83. The van der Waals surface area contributed by atoms with Gasteiger partial charge in [-0.15, -0.1) is 10.2 Å². The van der Waals surface area contributed by atoms with Crippen molar-refractivity contribution in [3.8, 4) is 11.3 Å². The number of pyridine rings is 1. The topological polar surface area (TPSA) is 53.9 Å². The summed E-state index contributed by atoms with van der Waals surface area (Å²) in [5.74, 6) is 0.965. The number of aromatic nitrogens is 3. The van der Waals surface area contributed by atoms with Gasteiger partial charge in [0.05, 0.1) is 5.69 Å². The van der Waals surface area contributed by atoms with Crippen LogP contribution in [0.15, 0.2) is 36.7 Å². The van der Waals surface area contributed by atoms with E-state index in [-0.39, 0.29) is 0 Å². The smallest absolute Gasteiger partial charge is 0.151 e. The molecule has 0 aromatic carbocycles. The molecule has 3 rings (SSSR count). The largest absolute Gasteiger partial charge is 0.355 e. The van der Waals surface area contributed by atoms with Crippen molar-refractivity contribution < 1.29 is 0 Å². The Morgan fingerprint density at radius 3 is 2.60 bits per heavy atom. The van der Waals surface area contributed by atoms with Crippen molar-refractivity contribution in [2.75, 3.05) is 25.0 Å². The lowest BCUT2D eigenvalue weighted by Gasteiger charge is -2.32. The molecule has 0 spiro atoms. The molecule has 0 saturated carbocycles. The minimum absolute atomic E-state index is 0.633. The van der Waals surface area contributed by atoms with Crippen LogP contribution in [0.5, 0.6) is 0 Å². The molecule has 0 unspecified atom stereocenters. The highest BCUT2D eigenvalue weighted by Crippen LogP contribution is 2.20. The van der Waals surface area contributed by atoms with E-state index >= 15 is 0 Å². The molecule has 5 heteroatoms. The standard InChI is InChI=1S/C15H19N5/c1-16-13-6-9-20(10-7-13)15-5-4-14(18-19-15)12-3-2-8-17-11-12/h2-5,8,11,13,16H,6-7,9-10H2,1H3. The number of nitrogens with zero attached hydrogens (tertiary/aromatic N) is 4. The normalized spacial score (nSPS) is 16.4. The molecule has 1 aliphatic rings. The van der Waals surface area contributed by atoms with Crippen molar-refractivity contribution in [1.82, 2.24) is 20.5 Å². The summed E-state index contributed by atoms with van der Waals surface area (Å²) in [7, 11) is 2.03. The summed E-state index contributed by atoms with van der Waals surface area (Å²) in [6.45, 7) is 2.07. The number of hydrogen-bond donors (Lipinski definition) is 1. The summed E-state index contributed by atoms with van der Waals surface area (Å²) in [4.78, 5) is 6.41. The molecule has 2 aromatic rings. The highest BCUT2D eigenvalue weighted by Gasteiger charge is 2.18. The van der Waals surface area contributed by atoms with Crippen LogP contribution in [-0.4, -0.2) is 41.4 Å². The fraction of sp³-hybridized carbons (Fsp3) is 0.400. The Morgan fingerprint density at radius 1 is 1.15 bits per heavy atom. The van der Waals surface area contributed by atoms with E-state index in [0.29, 0.717) is 6.04 Å². The lowest BCUT2D eigenvalue weighted by Crippen LogP contribution is -2.41. The van der Waals surface area contributed by atoms with E-state index in [9.17, 15) is 0 Å². The maximum atomic E-state index is 4.36. The number of anilines is 1. The van der Waals surface area contributed by atoms with Gasteiger partial charge in [-0.05, 0) is 44.2 Å². The van der Waals surface area contributed by atoms with E-state index in [1.807, 2.05) is 31.4 Å². The second-order valence-corrected chi connectivity index (χ2v) is 5.07. The van der Waals surface area contributed by atoms with Crippen molar-refractivity contribution in [3.63, 3.8) is 0 Å². The van der Waals surface area contributed by atoms with Crippen LogP contribution in [0, 0.1) is 0 Å². The zero-order valence-corrected chi connectivity index (χ0v) is 11.7. The zero-order valence-electron chi connectivity index (χ0n) is 11.7. The molecule has 104 valence electrons. The summed E-state index contributed by atoms with van der Waals surface area (Å²) in [6.07, 6.45) is 5.88. The third kappa shape index (κ3) is 2.77. The van der Waals surface area contributed by atoms with Gasteiger partial charge in [0.1, 0.15) is 0 Å². The lowest BCUT2D eigenvalue weighted by molar-refractivity contribution is 0.440. The van der Waals surface area contributed by atoms with Crippen LogP contribution in [0.2, 0.25) is 0 Å². The fourth-order valence-electron chi connectivity index (χ4n) is 2.56. The quantitative estimate of drug-likeness (QED) is 0.919. The first-order valence-corrected chi connectivity index (χ1v) is 7.03. The average Bonchev–Trinajstić information content (AvgIpc) is 2.56. The number of hydrogen-bond acceptors (Lipinski definition) is 5.